The first-order valence-corrected chi connectivity index (χ1v) is 5.98. The van der Waals surface area contributed by atoms with E-state index in [2.05, 4.69) is 4.98 Å². The van der Waals surface area contributed by atoms with Crippen LogP contribution in [0.25, 0.3) is 16.7 Å². The highest BCUT2D eigenvalue weighted by atomic mass is 16.4. The van der Waals surface area contributed by atoms with E-state index in [0.717, 1.165) is 23.1 Å². The van der Waals surface area contributed by atoms with Crippen molar-refractivity contribution in [1.82, 2.24) is 4.98 Å². The molecule has 0 amide bonds. The monoisotopic (exact) mass is 243 g/mol. The molecule has 3 rings (SSSR count). The summed E-state index contributed by atoms with van der Waals surface area (Å²) in [6, 6.07) is 3.79. The van der Waals surface area contributed by atoms with Gasteiger partial charge in [-0.2, -0.15) is 0 Å². The highest BCUT2D eigenvalue weighted by Crippen LogP contribution is 2.29. The number of carbonyl (C=O) groups is 1. The third kappa shape index (κ3) is 1.79. The normalized spacial score (nSPS) is 16.1. The molecule has 0 saturated heterocycles. The zero-order valence-electron chi connectivity index (χ0n) is 10.1. The molecule has 2 aromatic rings. The van der Waals surface area contributed by atoms with E-state index in [1.54, 1.807) is 0 Å². The molecule has 92 valence electrons. The number of allylic oxidation sites excluding steroid dienone is 2. The van der Waals surface area contributed by atoms with Gasteiger partial charge >= 0.3 is 5.76 Å². The Morgan fingerprint density at radius 1 is 1.22 bits per heavy atom. The smallest absolute Gasteiger partial charge is 0.408 e. The minimum atomic E-state index is -0.436. The molecule has 0 atom stereocenters. The molecule has 4 nitrogen and oxygen atoms in total. The van der Waals surface area contributed by atoms with Gasteiger partial charge in [0.05, 0.1) is 5.52 Å². The van der Waals surface area contributed by atoms with Crippen molar-refractivity contribution < 1.29 is 9.21 Å². The fraction of sp³-hybridized carbons (Fsp3) is 0.286. The van der Waals surface area contributed by atoms with Crippen LogP contribution in [0, 0.1) is 6.92 Å². The maximum atomic E-state index is 11.2. The van der Waals surface area contributed by atoms with Gasteiger partial charge in [0.1, 0.15) is 5.78 Å². The molecule has 0 saturated carbocycles. The van der Waals surface area contributed by atoms with Crippen LogP contribution in [0.4, 0.5) is 0 Å². The number of Topliss-reactive ketones (excluding diaryl/α,β-unsaturated/α-hetero) is 1. The number of oxazole rings is 1. The summed E-state index contributed by atoms with van der Waals surface area (Å²) in [6.07, 6.45) is 3.84. The molecule has 4 heteroatoms. The second-order valence-corrected chi connectivity index (χ2v) is 4.65. The zero-order valence-corrected chi connectivity index (χ0v) is 10.1. The van der Waals surface area contributed by atoms with Crippen molar-refractivity contribution in [3.05, 3.63) is 39.9 Å². The molecule has 0 aliphatic heterocycles. The van der Waals surface area contributed by atoms with Crippen LogP contribution in [0.3, 0.4) is 0 Å². The van der Waals surface area contributed by atoms with E-state index in [4.69, 9.17) is 4.42 Å². The van der Waals surface area contributed by atoms with Gasteiger partial charge in [-0.15, -0.1) is 0 Å². The first-order chi connectivity index (χ1) is 8.63. The summed E-state index contributed by atoms with van der Waals surface area (Å²) in [5.41, 5.74) is 4.60. The molecule has 0 radical (unpaired) electrons. The van der Waals surface area contributed by atoms with Gasteiger partial charge in [-0.1, -0.05) is 6.08 Å². The Morgan fingerprint density at radius 3 is 2.78 bits per heavy atom. The number of nitrogens with one attached hydrogen (secondary N) is 1. The Balaban J connectivity index is 2.14. The number of rotatable bonds is 1. The van der Waals surface area contributed by atoms with Gasteiger partial charge in [0.15, 0.2) is 5.58 Å². The molecular weight excluding hydrogens is 230 g/mol. The molecule has 0 spiro atoms. The first-order valence-electron chi connectivity index (χ1n) is 5.98. The summed E-state index contributed by atoms with van der Waals surface area (Å²) >= 11 is 0. The molecule has 0 unspecified atom stereocenters. The van der Waals surface area contributed by atoms with Crippen molar-refractivity contribution in [3.63, 3.8) is 0 Å². The third-order valence-electron chi connectivity index (χ3n) is 3.36. The molecule has 18 heavy (non-hydrogen) atoms. The number of aromatic amines is 1. The number of carbonyl (C=O) groups excluding carboxylic acids is 1. The number of hydrogen-bond donors (Lipinski definition) is 1. The van der Waals surface area contributed by atoms with E-state index in [9.17, 15) is 9.59 Å². The number of hydrogen-bond acceptors (Lipinski definition) is 3. The highest BCUT2D eigenvalue weighted by Gasteiger charge is 2.15. The molecular formula is C14H13NO3. The van der Waals surface area contributed by atoms with E-state index in [0.29, 0.717) is 23.9 Å². The molecule has 1 aliphatic rings. The van der Waals surface area contributed by atoms with Gasteiger partial charge in [0.2, 0.25) is 0 Å². The van der Waals surface area contributed by atoms with E-state index < -0.39 is 5.76 Å². The van der Waals surface area contributed by atoms with Gasteiger partial charge < -0.3 is 4.42 Å². The summed E-state index contributed by atoms with van der Waals surface area (Å²) in [4.78, 5) is 25.0. The van der Waals surface area contributed by atoms with Gasteiger partial charge in [-0.05, 0) is 42.2 Å². The fourth-order valence-corrected chi connectivity index (χ4v) is 2.41. The summed E-state index contributed by atoms with van der Waals surface area (Å²) in [5, 5.41) is 0. The SMILES string of the molecule is Cc1cc2[nH]c(=O)oc2cc1C1=CCC(=O)CC1. The number of aromatic nitrogens is 1. The first kappa shape index (κ1) is 11.0. The van der Waals surface area contributed by atoms with Crippen LogP contribution in [0.2, 0.25) is 0 Å². The minimum Gasteiger partial charge on any atom is -0.408 e. The lowest BCUT2D eigenvalue weighted by molar-refractivity contribution is -0.118. The highest BCUT2D eigenvalue weighted by molar-refractivity contribution is 5.89. The topological polar surface area (TPSA) is 63.1 Å². The average molecular weight is 243 g/mol. The number of ketones is 1. The second-order valence-electron chi connectivity index (χ2n) is 4.65. The second kappa shape index (κ2) is 3.98. The van der Waals surface area contributed by atoms with Gasteiger partial charge in [-0.3, -0.25) is 9.78 Å². The van der Waals surface area contributed by atoms with Crippen LogP contribution in [-0.2, 0) is 4.79 Å². The maximum Gasteiger partial charge on any atom is 0.417 e. The van der Waals surface area contributed by atoms with Crippen LogP contribution in [-0.4, -0.2) is 10.8 Å². The van der Waals surface area contributed by atoms with E-state index in [1.807, 2.05) is 25.1 Å². The molecule has 1 aromatic carbocycles. The van der Waals surface area contributed by atoms with Crippen molar-refractivity contribution in [3.8, 4) is 0 Å². The largest absolute Gasteiger partial charge is 0.417 e. The summed E-state index contributed by atoms with van der Waals surface area (Å²) < 4.78 is 5.07. The molecule has 1 aromatic heterocycles. The molecule has 1 N–H and O–H groups in total. The van der Waals surface area contributed by atoms with Crippen LogP contribution >= 0.6 is 0 Å². The number of benzene rings is 1. The van der Waals surface area contributed by atoms with Crippen molar-refractivity contribution in [1.29, 1.82) is 0 Å². The van der Waals surface area contributed by atoms with Gasteiger partial charge in [-0.25, -0.2) is 4.79 Å². The lowest BCUT2D eigenvalue weighted by atomic mass is 9.90. The lowest BCUT2D eigenvalue weighted by Gasteiger charge is -2.14. The minimum absolute atomic E-state index is 0.283. The predicted molar refractivity (Wildman–Crippen MR) is 68.4 cm³/mol. The lowest BCUT2D eigenvalue weighted by Crippen LogP contribution is -2.03. The van der Waals surface area contributed by atoms with Gasteiger partial charge in [0.25, 0.3) is 0 Å². The summed E-state index contributed by atoms with van der Waals surface area (Å²) in [6.45, 7) is 2.00. The van der Waals surface area contributed by atoms with Crippen molar-refractivity contribution in [2.24, 2.45) is 0 Å². The summed E-state index contributed by atoms with van der Waals surface area (Å²) in [5.74, 6) is -0.153. The number of aryl methyl sites for hydroxylation is 1. The molecule has 1 aliphatic carbocycles. The Kier molecular flexibility index (Phi) is 2.44. The van der Waals surface area contributed by atoms with Crippen LogP contribution in [0.15, 0.2) is 27.4 Å². The standard InChI is InChI=1S/C14H13NO3/c1-8-6-12-13(18-14(17)15-12)7-11(8)9-2-4-10(16)5-3-9/h2,6-7H,3-5H2,1H3,(H,15,17). The quantitative estimate of drug-likeness (QED) is 0.837. The Morgan fingerprint density at radius 2 is 2.06 bits per heavy atom. The van der Waals surface area contributed by atoms with Crippen LogP contribution < -0.4 is 5.76 Å². The van der Waals surface area contributed by atoms with Crippen molar-refractivity contribution in [2.45, 2.75) is 26.2 Å². The van der Waals surface area contributed by atoms with E-state index in [1.165, 1.54) is 0 Å². The Labute approximate surface area is 103 Å². The van der Waals surface area contributed by atoms with Crippen LogP contribution in [0.5, 0.6) is 0 Å². The van der Waals surface area contributed by atoms with E-state index >= 15 is 0 Å². The van der Waals surface area contributed by atoms with Crippen LogP contribution in [0.1, 0.15) is 30.4 Å². The van der Waals surface area contributed by atoms with Crippen molar-refractivity contribution >= 4 is 22.5 Å². The molecule has 0 fully saturated rings. The zero-order chi connectivity index (χ0) is 12.7. The number of H-pyrrole nitrogens is 1. The van der Waals surface area contributed by atoms with E-state index in [-0.39, 0.29) is 5.78 Å². The van der Waals surface area contributed by atoms with Gasteiger partial charge in [0, 0.05) is 12.8 Å². The Hall–Kier alpha value is -2.10. The Bertz CT molecular complexity index is 718. The molecule has 0 bridgehead atoms. The number of fused-ring (bicyclic) bond motifs is 1. The predicted octanol–water partition coefficient (Wildman–Crippen LogP) is 2.57. The maximum absolute atomic E-state index is 11.2. The summed E-state index contributed by atoms with van der Waals surface area (Å²) in [7, 11) is 0. The third-order valence-corrected chi connectivity index (χ3v) is 3.36. The molecule has 1 heterocycles. The fourth-order valence-electron chi connectivity index (χ4n) is 2.41. The van der Waals surface area contributed by atoms with Crippen molar-refractivity contribution in [2.75, 3.05) is 0 Å². The average Bonchev–Trinajstić information content (AvgIpc) is 2.68.